The molecule has 0 fully saturated rings. The highest BCUT2D eigenvalue weighted by Gasteiger charge is 2.23. The highest BCUT2D eigenvalue weighted by molar-refractivity contribution is 6.01. The minimum atomic E-state index is -0.921. The van der Waals surface area contributed by atoms with Crippen LogP contribution in [0.4, 0.5) is 4.39 Å². The third-order valence-corrected chi connectivity index (χ3v) is 4.40. The summed E-state index contributed by atoms with van der Waals surface area (Å²) in [4.78, 5) is 40.8. The van der Waals surface area contributed by atoms with Gasteiger partial charge in [0.2, 0.25) is 5.91 Å². The number of rotatable bonds is 7. The van der Waals surface area contributed by atoms with Gasteiger partial charge in [0, 0.05) is 12.7 Å². The number of amides is 2. The zero-order valence-corrected chi connectivity index (χ0v) is 15.8. The van der Waals surface area contributed by atoms with Crippen molar-refractivity contribution in [2.24, 2.45) is 5.73 Å². The molecule has 3 aromatic rings. The number of carbonyl (C=O) groups excluding carboxylic acids is 2. The monoisotopic (exact) mass is 414 g/mol. The number of nitrogens with one attached hydrogen (secondary N) is 1. The Hall–Kier alpha value is -3.79. The Morgan fingerprint density at radius 1 is 1.20 bits per heavy atom. The fourth-order valence-electron chi connectivity index (χ4n) is 3.06. The van der Waals surface area contributed by atoms with Crippen molar-refractivity contribution in [1.29, 1.82) is 0 Å². The second kappa shape index (κ2) is 8.70. The number of nitrogens with two attached hydrogens (primary N) is 1. The largest absolute Gasteiger partial charge is 0.505 e. The third-order valence-electron chi connectivity index (χ3n) is 4.40. The molecule has 2 heterocycles. The lowest BCUT2D eigenvalue weighted by atomic mass is 10.1. The van der Waals surface area contributed by atoms with Crippen LogP contribution in [0.1, 0.15) is 21.5 Å². The van der Waals surface area contributed by atoms with Crippen molar-refractivity contribution < 1.29 is 24.2 Å². The van der Waals surface area contributed by atoms with Crippen LogP contribution in [0.3, 0.4) is 0 Å². The number of halogens is 1. The lowest BCUT2D eigenvalue weighted by molar-refractivity contribution is -0.118. The van der Waals surface area contributed by atoms with E-state index in [1.807, 2.05) is 0 Å². The molecule has 0 aliphatic carbocycles. The zero-order valence-electron chi connectivity index (χ0n) is 15.8. The topological polar surface area (TPSA) is 148 Å². The number of aliphatic hydroxyl groups excluding tert-OH is 1. The number of hydrogen-bond donors (Lipinski definition) is 4. The molecular weight excluding hydrogens is 395 g/mol. The van der Waals surface area contributed by atoms with Crippen molar-refractivity contribution in [2.75, 3.05) is 13.2 Å². The van der Waals surface area contributed by atoms with E-state index in [4.69, 9.17) is 10.8 Å². The van der Waals surface area contributed by atoms with Gasteiger partial charge in [0.15, 0.2) is 5.75 Å². The van der Waals surface area contributed by atoms with E-state index in [9.17, 15) is 23.9 Å². The first kappa shape index (κ1) is 20.9. The summed E-state index contributed by atoms with van der Waals surface area (Å²) in [7, 11) is 0. The highest BCUT2D eigenvalue weighted by atomic mass is 19.1. The van der Waals surface area contributed by atoms with Gasteiger partial charge < -0.3 is 21.3 Å². The molecule has 30 heavy (non-hydrogen) atoms. The van der Waals surface area contributed by atoms with Gasteiger partial charge in [-0.2, -0.15) is 0 Å². The Bertz CT molecular complexity index is 1170. The molecule has 0 saturated carbocycles. The summed E-state index contributed by atoms with van der Waals surface area (Å²) in [6.07, 6.45) is 1.80. The van der Waals surface area contributed by atoms with E-state index < -0.39 is 35.2 Å². The van der Waals surface area contributed by atoms with Crippen LogP contribution in [0, 0.1) is 5.82 Å². The summed E-state index contributed by atoms with van der Waals surface area (Å²) in [6, 6.07) is 7.38. The average Bonchev–Trinajstić information content (AvgIpc) is 2.71. The standard InChI is InChI=1S/C20H19FN4O5/c21-13-3-1-11(2-4-13)7-12-8-14-17(24-9-12)18(28)16(19(29)23-5-6-26)20(30)25(14)10-15(22)27/h1-4,8-9,26,28H,5-7,10H2,(H2,22,27)(H,23,29). The molecule has 0 aliphatic heterocycles. The van der Waals surface area contributed by atoms with Crippen LogP contribution in [-0.4, -0.2) is 44.7 Å². The Labute approximate surface area is 169 Å². The summed E-state index contributed by atoms with van der Waals surface area (Å²) in [5.41, 5.74) is 5.20. The van der Waals surface area contributed by atoms with Gasteiger partial charge in [-0.05, 0) is 35.7 Å². The van der Waals surface area contributed by atoms with Crippen LogP contribution in [0.15, 0.2) is 41.3 Å². The summed E-state index contributed by atoms with van der Waals surface area (Å²) in [5, 5.41) is 21.7. The molecule has 0 aliphatic rings. The first-order chi connectivity index (χ1) is 14.3. The van der Waals surface area contributed by atoms with Crippen LogP contribution >= 0.6 is 0 Å². The molecule has 156 valence electrons. The van der Waals surface area contributed by atoms with Crippen molar-refractivity contribution in [3.05, 3.63) is 69.4 Å². The van der Waals surface area contributed by atoms with Gasteiger partial charge >= 0.3 is 0 Å². The van der Waals surface area contributed by atoms with Gasteiger partial charge in [-0.3, -0.25) is 23.9 Å². The number of carbonyl (C=O) groups is 2. The number of hydrogen-bond acceptors (Lipinski definition) is 6. The van der Waals surface area contributed by atoms with E-state index in [0.717, 1.165) is 10.1 Å². The van der Waals surface area contributed by atoms with Crippen molar-refractivity contribution in [1.82, 2.24) is 14.9 Å². The highest BCUT2D eigenvalue weighted by Crippen LogP contribution is 2.26. The number of aliphatic hydroxyl groups is 1. The summed E-state index contributed by atoms with van der Waals surface area (Å²) < 4.78 is 14.1. The first-order valence-electron chi connectivity index (χ1n) is 8.98. The predicted molar refractivity (Wildman–Crippen MR) is 105 cm³/mol. The number of nitrogens with zero attached hydrogens (tertiary/aromatic N) is 2. The van der Waals surface area contributed by atoms with E-state index in [-0.39, 0.29) is 30.0 Å². The number of aromatic hydroxyl groups is 1. The maximum atomic E-state index is 13.1. The predicted octanol–water partition coefficient (Wildman–Crippen LogP) is 0.0394. The molecule has 3 rings (SSSR count). The van der Waals surface area contributed by atoms with E-state index in [1.54, 1.807) is 18.2 Å². The van der Waals surface area contributed by atoms with Gasteiger partial charge in [0.1, 0.15) is 23.4 Å². The van der Waals surface area contributed by atoms with Crippen LogP contribution < -0.4 is 16.6 Å². The molecule has 9 nitrogen and oxygen atoms in total. The zero-order chi connectivity index (χ0) is 21.8. The van der Waals surface area contributed by atoms with E-state index in [1.165, 1.54) is 18.3 Å². The summed E-state index contributed by atoms with van der Waals surface area (Å²) in [6.45, 7) is -1.02. The molecule has 0 saturated heterocycles. The Morgan fingerprint density at radius 3 is 2.53 bits per heavy atom. The first-order valence-corrected chi connectivity index (χ1v) is 8.98. The number of pyridine rings is 2. The molecule has 10 heteroatoms. The molecule has 2 aromatic heterocycles. The molecule has 5 N–H and O–H groups in total. The summed E-state index contributed by atoms with van der Waals surface area (Å²) >= 11 is 0. The van der Waals surface area contributed by atoms with E-state index in [0.29, 0.717) is 12.0 Å². The normalized spacial score (nSPS) is 10.9. The van der Waals surface area contributed by atoms with Crippen LogP contribution in [0.5, 0.6) is 5.75 Å². The van der Waals surface area contributed by atoms with Gasteiger partial charge in [-0.25, -0.2) is 4.39 Å². The van der Waals surface area contributed by atoms with Gasteiger partial charge in [-0.15, -0.1) is 0 Å². The molecular formula is C20H19FN4O5. The Balaban J connectivity index is 2.15. The van der Waals surface area contributed by atoms with Crippen molar-refractivity contribution in [3.63, 3.8) is 0 Å². The molecule has 0 bridgehead atoms. The maximum Gasteiger partial charge on any atom is 0.268 e. The lowest BCUT2D eigenvalue weighted by Gasteiger charge is -2.14. The minimum absolute atomic E-state index is 0.0622. The van der Waals surface area contributed by atoms with E-state index in [2.05, 4.69) is 10.3 Å². The smallest absolute Gasteiger partial charge is 0.268 e. The number of primary amides is 1. The molecule has 2 amide bonds. The van der Waals surface area contributed by atoms with Gasteiger partial charge in [0.05, 0.1) is 12.1 Å². The van der Waals surface area contributed by atoms with Crippen molar-refractivity contribution >= 4 is 22.8 Å². The molecule has 0 atom stereocenters. The minimum Gasteiger partial charge on any atom is -0.505 e. The SMILES string of the molecule is NC(=O)Cn1c(=O)c(C(=O)NCCO)c(O)c2ncc(Cc3ccc(F)cc3)cc21. The molecule has 0 unspecified atom stereocenters. The van der Waals surface area contributed by atoms with Gasteiger partial charge in [-0.1, -0.05) is 12.1 Å². The molecule has 1 aromatic carbocycles. The summed E-state index contributed by atoms with van der Waals surface area (Å²) in [5.74, 6) is -2.75. The number of fused-ring (bicyclic) bond motifs is 1. The second-order valence-electron chi connectivity index (χ2n) is 6.58. The fraction of sp³-hybridized carbons (Fsp3) is 0.200. The number of benzene rings is 1. The van der Waals surface area contributed by atoms with Gasteiger partial charge in [0.25, 0.3) is 11.5 Å². The Morgan fingerprint density at radius 2 is 1.90 bits per heavy atom. The number of aromatic nitrogens is 2. The molecule has 0 spiro atoms. The second-order valence-corrected chi connectivity index (χ2v) is 6.58. The third kappa shape index (κ3) is 4.28. The molecule has 0 radical (unpaired) electrons. The maximum absolute atomic E-state index is 13.1. The van der Waals surface area contributed by atoms with Crippen molar-refractivity contribution in [3.8, 4) is 5.75 Å². The van der Waals surface area contributed by atoms with Crippen LogP contribution in [0.25, 0.3) is 11.0 Å². The Kier molecular flexibility index (Phi) is 6.07. The average molecular weight is 414 g/mol. The van der Waals surface area contributed by atoms with Crippen molar-refractivity contribution in [2.45, 2.75) is 13.0 Å². The fourth-order valence-corrected chi connectivity index (χ4v) is 3.06. The van der Waals surface area contributed by atoms with Crippen LogP contribution in [0.2, 0.25) is 0 Å². The van der Waals surface area contributed by atoms with Crippen LogP contribution in [-0.2, 0) is 17.8 Å². The quantitative estimate of drug-likeness (QED) is 0.429. The lowest BCUT2D eigenvalue weighted by Crippen LogP contribution is -2.36. The van der Waals surface area contributed by atoms with E-state index >= 15 is 0 Å².